The van der Waals surface area contributed by atoms with Crippen LogP contribution in [0.25, 0.3) is 10.9 Å². The van der Waals surface area contributed by atoms with Gasteiger partial charge in [-0.1, -0.05) is 25.1 Å². The number of primary sulfonamides is 1. The molecule has 2 aromatic rings. The Labute approximate surface area is 94.2 Å². The van der Waals surface area contributed by atoms with Crippen LogP contribution in [0, 0.1) is 0 Å². The fourth-order valence-electron chi connectivity index (χ4n) is 1.76. The summed E-state index contributed by atoms with van der Waals surface area (Å²) in [4.78, 5) is 4.24. The molecule has 0 aliphatic carbocycles. The highest BCUT2D eigenvalue weighted by Crippen LogP contribution is 2.24. The van der Waals surface area contributed by atoms with Crippen LogP contribution in [0.1, 0.15) is 12.5 Å². The Hall–Kier alpha value is -1.46. The molecule has 16 heavy (non-hydrogen) atoms. The van der Waals surface area contributed by atoms with Gasteiger partial charge < -0.3 is 0 Å². The van der Waals surface area contributed by atoms with Crippen LogP contribution >= 0.6 is 0 Å². The van der Waals surface area contributed by atoms with Crippen LogP contribution in [0.15, 0.2) is 35.4 Å². The molecule has 0 amide bonds. The standard InChI is InChI=1S/C11H12N2O2S/c1-2-8-5-6-9-4-3-7-13-10(9)11(8)16(12,14)15/h3-7H,2H2,1H3,(H2,12,14,15). The van der Waals surface area contributed by atoms with Gasteiger partial charge >= 0.3 is 0 Å². The molecule has 0 fully saturated rings. The van der Waals surface area contributed by atoms with Crippen molar-refractivity contribution in [2.45, 2.75) is 18.2 Å². The van der Waals surface area contributed by atoms with E-state index in [0.29, 0.717) is 17.5 Å². The molecule has 4 nitrogen and oxygen atoms in total. The van der Waals surface area contributed by atoms with Crippen LogP contribution in [-0.4, -0.2) is 13.4 Å². The second-order valence-corrected chi connectivity index (χ2v) is 5.03. The van der Waals surface area contributed by atoms with Crippen molar-refractivity contribution in [1.29, 1.82) is 0 Å². The topological polar surface area (TPSA) is 73.0 Å². The molecule has 0 aliphatic heterocycles. The Morgan fingerprint density at radius 2 is 2.06 bits per heavy atom. The largest absolute Gasteiger partial charge is 0.255 e. The summed E-state index contributed by atoms with van der Waals surface area (Å²) in [7, 11) is -3.73. The zero-order chi connectivity index (χ0) is 11.8. The second-order valence-electron chi connectivity index (χ2n) is 3.53. The predicted molar refractivity (Wildman–Crippen MR) is 62.5 cm³/mol. The molecule has 84 valence electrons. The Morgan fingerprint density at radius 3 is 2.69 bits per heavy atom. The summed E-state index contributed by atoms with van der Waals surface area (Å²) in [5.74, 6) is 0. The maximum Gasteiger partial charge on any atom is 0.240 e. The SMILES string of the molecule is CCc1ccc2cccnc2c1S(N)(=O)=O. The number of hydrogen-bond acceptors (Lipinski definition) is 3. The lowest BCUT2D eigenvalue weighted by atomic mass is 10.1. The van der Waals surface area contributed by atoms with Gasteiger partial charge in [0.1, 0.15) is 4.90 Å². The summed E-state index contributed by atoms with van der Waals surface area (Å²) >= 11 is 0. The minimum absolute atomic E-state index is 0.146. The molecule has 0 saturated heterocycles. The number of aromatic nitrogens is 1. The minimum Gasteiger partial charge on any atom is -0.255 e. The van der Waals surface area contributed by atoms with E-state index in [9.17, 15) is 8.42 Å². The molecule has 0 spiro atoms. The second kappa shape index (κ2) is 3.84. The molecular formula is C11H12N2O2S. The third-order valence-corrected chi connectivity index (χ3v) is 3.50. The van der Waals surface area contributed by atoms with Crippen LogP contribution in [0.4, 0.5) is 0 Å². The number of hydrogen-bond donors (Lipinski definition) is 1. The highest BCUT2D eigenvalue weighted by Gasteiger charge is 2.17. The van der Waals surface area contributed by atoms with Gasteiger partial charge in [-0.05, 0) is 18.1 Å². The zero-order valence-corrected chi connectivity index (χ0v) is 9.66. The van der Waals surface area contributed by atoms with Gasteiger partial charge in [-0.25, -0.2) is 13.6 Å². The summed E-state index contributed by atoms with van der Waals surface area (Å²) in [6.45, 7) is 1.89. The highest BCUT2D eigenvalue weighted by molar-refractivity contribution is 7.89. The third kappa shape index (κ3) is 1.79. The van der Waals surface area contributed by atoms with E-state index in [1.165, 1.54) is 0 Å². The summed E-state index contributed by atoms with van der Waals surface area (Å²) in [5, 5.41) is 6.01. The lowest BCUT2D eigenvalue weighted by Crippen LogP contribution is -2.15. The molecule has 0 bridgehead atoms. The monoisotopic (exact) mass is 236 g/mol. The van der Waals surface area contributed by atoms with E-state index in [1.807, 2.05) is 19.1 Å². The molecule has 0 saturated carbocycles. The van der Waals surface area contributed by atoms with E-state index in [0.717, 1.165) is 5.39 Å². The number of fused-ring (bicyclic) bond motifs is 1. The van der Waals surface area contributed by atoms with Gasteiger partial charge in [-0.15, -0.1) is 0 Å². The van der Waals surface area contributed by atoms with Gasteiger partial charge in [-0.3, -0.25) is 4.98 Å². The summed E-state index contributed by atoms with van der Waals surface area (Å²) < 4.78 is 23.1. The van der Waals surface area contributed by atoms with Crippen molar-refractivity contribution in [2.24, 2.45) is 5.14 Å². The molecule has 0 aliphatic rings. The van der Waals surface area contributed by atoms with Gasteiger partial charge in [0.15, 0.2) is 0 Å². The smallest absolute Gasteiger partial charge is 0.240 e. The highest BCUT2D eigenvalue weighted by atomic mass is 32.2. The molecule has 1 aromatic carbocycles. The van der Waals surface area contributed by atoms with Crippen LogP contribution in [0.2, 0.25) is 0 Å². The number of nitrogens with zero attached hydrogens (tertiary/aromatic N) is 1. The van der Waals surface area contributed by atoms with Crippen molar-refractivity contribution < 1.29 is 8.42 Å². The Kier molecular flexibility index (Phi) is 2.65. The van der Waals surface area contributed by atoms with E-state index in [-0.39, 0.29) is 4.90 Å². The van der Waals surface area contributed by atoms with Gasteiger partial charge in [0.2, 0.25) is 10.0 Å². The lowest BCUT2D eigenvalue weighted by Gasteiger charge is -2.08. The average molecular weight is 236 g/mol. The van der Waals surface area contributed by atoms with E-state index in [4.69, 9.17) is 5.14 Å². The quantitative estimate of drug-likeness (QED) is 0.857. The van der Waals surface area contributed by atoms with Crippen LogP contribution in [0.3, 0.4) is 0 Å². The maximum atomic E-state index is 11.6. The fourth-order valence-corrected chi connectivity index (χ4v) is 2.77. The Bertz CT molecular complexity index is 635. The number of nitrogens with two attached hydrogens (primary N) is 1. The summed E-state index contributed by atoms with van der Waals surface area (Å²) in [5.41, 5.74) is 1.15. The molecule has 5 heteroatoms. The van der Waals surface area contributed by atoms with E-state index >= 15 is 0 Å². The zero-order valence-electron chi connectivity index (χ0n) is 8.84. The molecule has 1 aromatic heterocycles. The van der Waals surface area contributed by atoms with Crippen molar-refractivity contribution in [3.63, 3.8) is 0 Å². The van der Waals surface area contributed by atoms with Crippen molar-refractivity contribution in [3.05, 3.63) is 36.0 Å². The number of benzene rings is 1. The van der Waals surface area contributed by atoms with Crippen molar-refractivity contribution in [3.8, 4) is 0 Å². The first-order valence-electron chi connectivity index (χ1n) is 4.93. The van der Waals surface area contributed by atoms with Crippen LogP contribution < -0.4 is 5.14 Å². The molecule has 2 N–H and O–H groups in total. The Balaban J connectivity index is 2.95. The van der Waals surface area contributed by atoms with Crippen LogP contribution in [-0.2, 0) is 16.4 Å². The van der Waals surface area contributed by atoms with Gasteiger partial charge in [0.05, 0.1) is 5.52 Å². The number of pyridine rings is 1. The normalized spacial score (nSPS) is 11.9. The molecule has 0 radical (unpaired) electrons. The molecule has 2 rings (SSSR count). The first kappa shape index (κ1) is 11.0. The van der Waals surface area contributed by atoms with Gasteiger partial charge in [-0.2, -0.15) is 0 Å². The predicted octanol–water partition coefficient (Wildman–Crippen LogP) is 1.44. The number of rotatable bonds is 2. The van der Waals surface area contributed by atoms with Crippen molar-refractivity contribution in [2.75, 3.05) is 0 Å². The minimum atomic E-state index is -3.73. The number of sulfonamides is 1. The van der Waals surface area contributed by atoms with E-state index in [2.05, 4.69) is 4.98 Å². The molecular weight excluding hydrogens is 224 g/mol. The van der Waals surface area contributed by atoms with Gasteiger partial charge in [0.25, 0.3) is 0 Å². The summed E-state index contributed by atoms with van der Waals surface area (Å²) in [6, 6.07) is 7.22. The van der Waals surface area contributed by atoms with E-state index in [1.54, 1.807) is 18.3 Å². The summed E-state index contributed by atoms with van der Waals surface area (Å²) in [6.07, 6.45) is 2.18. The maximum absolute atomic E-state index is 11.6. The number of aryl methyl sites for hydroxylation is 1. The van der Waals surface area contributed by atoms with E-state index < -0.39 is 10.0 Å². The lowest BCUT2D eigenvalue weighted by molar-refractivity contribution is 0.597. The molecule has 0 unspecified atom stereocenters. The fraction of sp³-hybridized carbons (Fsp3) is 0.182. The Morgan fingerprint density at radius 1 is 1.31 bits per heavy atom. The average Bonchev–Trinajstić information content (AvgIpc) is 2.26. The first-order valence-corrected chi connectivity index (χ1v) is 6.48. The van der Waals surface area contributed by atoms with Gasteiger partial charge in [0, 0.05) is 11.6 Å². The molecule has 0 atom stereocenters. The van der Waals surface area contributed by atoms with Crippen LogP contribution in [0.5, 0.6) is 0 Å². The van der Waals surface area contributed by atoms with Crippen molar-refractivity contribution in [1.82, 2.24) is 4.98 Å². The molecule has 1 heterocycles. The third-order valence-electron chi connectivity index (χ3n) is 2.48. The first-order chi connectivity index (χ1) is 7.54. The van der Waals surface area contributed by atoms with Crippen molar-refractivity contribution >= 4 is 20.9 Å².